The van der Waals surface area contributed by atoms with Gasteiger partial charge in [0.05, 0.1) is 17.4 Å². The Labute approximate surface area is 109 Å². The summed E-state index contributed by atoms with van der Waals surface area (Å²) in [5.41, 5.74) is -0.100. The number of sulfone groups is 1. The van der Waals surface area contributed by atoms with Gasteiger partial charge in [0.2, 0.25) is 0 Å². The summed E-state index contributed by atoms with van der Waals surface area (Å²) in [6.45, 7) is 0.149. The molecule has 2 aliphatic rings. The van der Waals surface area contributed by atoms with Crippen LogP contribution in [0.2, 0.25) is 0 Å². The fraction of sp³-hybridized carbons (Fsp3) is 0.333. The highest BCUT2D eigenvalue weighted by Gasteiger charge is 2.51. The fourth-order valence-electron chi connectivity index (χ4n) is 2.66. The minimum Gasteiger partial charge on any atom is -0.507 e. The lowest BCUT2D eigenvalue weighted by molar-refractivity contribution is 0.0847. The van der Waals surface area contributed by atoms with Gasteiger partial charge in [0.1, 0.15) is 11.0 Å². The number of phenols is 1. The van der Waals surface area contributed by atoms with E-state index in [1.807, 2.05) is 0 Å². The molecule has 1 fully saturated rings. The summed E-state index contributed by atoms with van der Waals surface area (Å²) in [5.74, 6) is -1.70. The van der Waals surface area contributed by atoms with Crippen LogP contribution in [0.4, 0.5) is 0 Å². The summed E-state index contributed by atoms with van der Waals surface area (Å²) < 4.78 is 24.0. The predicted octanol–water partition coefficient (Wildman–Crippen LogP) is -0.474. The Kier molecular flexibility index (Phi) is 2.51. The maximum atomic E-state index is 12.3. The molecule has 1 aromatic carbocycles. The summed E-state index contributed by atoms with van der Waals surface area (Å²) >= 11 is 0. The average Bonchev–Trinajstić information content (AvgIpc) is 2.34. The summed E-state index contributed by atoms with van der Waals surface area (Å²) in [6.07, 6.45) is 0. The number of Topliss-reactive ketones (excluding diaryl/α,β-unsaturated/α-hetero) is 2. The monoisotopic (exact) mass is 281 g/mol. The molecule has 1 aromatic rings. The molecule has 0 saturated carbocycles. The zero-order chi connectivity index (χ0) is 13.8. The van der Waals surface area contributed by atoms with Crippen LogP contribution < -0.4 is 5.32 Å². The predicted molar refractivity (Wildman–Crippen MR) is 66.1 cm³/mol. The van der Waals surface area contributed by atoms with Crippen molar-refractivity contribution < 1.29 is 23.1 Å². The Balaban J connectivity index is 2.26. The molecule has 100 valence electrons. The number of hydrogen-bond acceptors (Lipinski definition) is 6. The van der Waals surface area contributed by atoms with E-state index in [0.717, 1.165) is 0 Å². The third-order valence-electron chi connectivity index (χ3n) is 3.54. The standard InChI is InChI=1S/C12H11NO5S/c14-7-3-1-2-6-8(7)11(16)12-9(10(6)15)13-4-5-19(12,17)18/h1-3,9,12-14H,4-5H2. The van der Waals surface area contributed by atoms with Crippen LogP contribution in [0.3, 0.4) is 0 Å². The molecule has 2 atom stereocenters. The zero-order valence-corrected chi connectivity index (χ0v) is 10.6. The first kappa shape index (κ1) is 12.3. The van der Waals surface area contributed by atoms with Crippen LogP contribution in [0.25, 0.3) is 0 Å². The Hall–Kier alpha value is -1.73. The molecule has 0 radical (unpaired) electrons. The van der Waals surface area contributed by atoms with Gasteiger partial charge in [-0.15, -0.1) is 0 Å². The molecule has 1 aliphatic heterocycles. The molecule has 0 aromatic heterocycles. The minimum absolute atomic E-state index is 0.0795. The van der Waals surface area contributed by atoms with Crippen LogP contribution in [0, 0.1) is 0 Å². The van der Waals surface area contributed by atoms with Crippen molar-refractivity contribution in [2.24, 2.45) is 0 Å². The third-order valence-corrected chi connectivity index (χ3v) is 5.57. The van der Waals surface area contributed by atoms with Crippen LogP contribution in [0.5, 0.6) is 5.75 Å². The fourth-order valence-corrected chi connectivity index (χ4v) is 4.39. The number of ketones is 2. The van der Waals surface area contributed by atoms with Crippen LogP contribution in [-0.2, 0) is 9.84 Å². The number of carbonyl (C=O) groups excluding carboxylic acids is 2. The second-order valence-corrected chi connectivity index (χ2v) is 6.89. The van der Waals surface area contributed by atoms with E-state index in [0.29, 0.717) is 0 Å². The smallest absolute Gasteiger partial charge is 0.187 e. The lowest BCUT2D eigenvalue weighted by atomic mass is 9.85. The lowest BCUT2D eigenvalue weighted by Gasteiger charge is -2.34. The summed E-state index contributed by atoms with van der Waals surface area (Å²) in [4.78, 5) is 24.5. The van der Waals surface area contributed by atoms with Crippen LogP contribution in [0.15, 0.2) is 18.2 Å². The average molecular weight is 281 g/mol. The molecule has 2 unspecified atom stereocenters. The molecule has 7 heteroatoms. The van der Waals surface area contributed by atoms with Gasteiger partial charge >= 0.3 is 0 Å². The second-order valence-electron chi connectivity index (χ2n) is 4.65. The van der Waals surface area contributed by atoms with Crippen molar-refractivity contribution in [1.82, 2.24) is 5.32 Å². The van der Waals surface area contributed by atoms with Gasteiger partial charge in [0, 0.05) is 12.1 Å². The molecule has 1 aliphatic carbocycles. The molecule has 19 heavy (non-hydrogen) atoms. The number of rotatable bonds is 0. The molecule has 3 rings (SSSR count). The number of carbonyl (C=O) groups is 2. The summed E-state index contributed by atoms with van der Waals surface area (Å²) in [7, 11) is -3.67. The molecule has 1 saturated heterocycles. The van der Waals surface area contributed by atoms with Gasteiger partial charge < -0.3 is 10.4 Å². The molecular formula is C12H11NO5S. The van der Waals surface area contributed by atoms with E-state index in [9.17, 15) is 23.1 Å². The highest BCUT2D eigenvalue weighted by Crippen LogP contribution is 2.33. The van der Waals surface area contributed by atoms with Crippen LogP contribution in [-0.4, -0.2) is 48.7 Å². The van der Waals surface area contributed by atoms with E-state index >= 15 is 0 Å². The lowest BCUT2D eigenvalue weighted by Crippen LogP contribution is -2.61. The highest BCUT2D eigenvalue weighted by molar-refractivity contribution is 7.93. The number of nitrogens with one attached hydrogen (secondary N) is 1. The number of aromatic hydroxyl groups is 1. The molecule has 2 N–H and O–H groups in total. The molecule has 0 spiro atoms. The maximum absolute atomic E-state index is 12.3. The van der Waals surface area contributed by atoms with Gasteiger partial charge in [0.15, 0.2) is 21.4 Å². The Morgan fingerprint density at radius 1 is 1.21 bits per heavy atom. The summed E-state index contributed by atoms with van der Waals surface area (Å²) in [5, 5.41) is 11.1. The Morgan fingerprint density at radius 2 is 1.95 bits per heavy atom. The molecule has 0 amide bonds. The molecule has 1 heterocycles. The first-order valence-electron chi connectivity index (χ1n) is 5.79. The van der Waals surface area contributed by atoms with Crippen LogP contribution in [0.1, 0.15) is 20.7 Å². The Morgan fingerprint density at radius 3 is 2.68 bits per heavy atom. The van der Waals surface area contributed by atoms with E-state index in [4.69, 9.17) is 0 Å². The zero-order valence-electron chi connectivity index (χ0n) is 9.79. The van der Waals surface area contributed by atoms with E-state index in [2.05, 4.69) is 5.32 Å². The minimum atomic E-state index is -3.67. The second kappa shape index (κ2) is 3.88. The van der Waals surface area contributed by atoms with Gasteiger partial charge in [-0.3, -0.25) is 9.59 Å². The quantitative estimate of drug-likeness (QED) is 0.666. The largest absolute Gasteiger partial charge is 0.507 e. The Bertz CT molecular complexity index is 694. The first-order chi connectivity index (χ1) is 8.93. The van der Waals surface area contributed by atoms with E-state index in [-0.39, 0.29) is 29.2 Å². The molecule has 0 bridgehead atoms. The number of benzene rings is 1. The molecule has 6 nitrogen and oxygen atoms in total. The first-order valence-corrected chi connectivity index (χ1v) is 7.50. The van der Waals surface area contributed by atoms with Crippen molar-refractivity contribution in [2.75, 3.05) is 12.3 Å². The van der Waals surface area contributed by atoms with Crippen molar-refractivity contribution in [3.63, 3.8) is 0 Å². The maximum Gasteiger partial charge on any atom is 0.187 e. The van der Waals surface area contributed by atoms with Crippen molar-refractivity contribution in [1.29, 1.82) is 0 Å². The SMILES string of the molecule is O=C1c2cccc(O)c2C(=O)C2C1NCCS2(=O)=O. The van der Waals surface area contributed by atoms with Crippen molar-refractivity contribution in [3.05, 3.63) is 29.3 Å². The summed E-state index contributed by atoms with van der Waals surface area (Å²) in [6, 6.07) is 3.11. The van der Waals surface area contributed by atoms with Gasteiger partial charge in [-0.2, -0.15) is 0 Å². The number of hydrogen-bond donors (Lipinski definition) is 2. The van der Waals surface area contributed by atoms with Gasteiger partial charge in [-0.05, 0) is 6.07 Å². The van der Waals surface area contributed by atoms with Gasteiger partial charge in [-0.25, -0.2) is 8.42 Å². The van der Waals surface area contributed by atoms with Crippen molar-refractivity contribution >= 4 is 21.4 Å². The number of phenolic OH excluding ortho intramolecular Hbond substituents is 1. The van der Waals surface area contributed by atoms with E-state index < -0.39 is 32.7 Å². The van der Waals surface area contributed by atoms with E-state index in [1.165, 1.54) is 18.2 Å². The normalized spacial score (nSPS) is 28.6. The van der Waals surface area contributed by atoms with Gasteiger partial charge in [0.25, 0.3) is 0 Å². The van der Waals surface area contributed by atoms with Crippen LogP contribution >= 0.6 is 0 Å². The number of fused-ring (bicyclic) bond motifs is 2. The van der Waals surface area contributed by atoms with Crippen molar-refractivity contribution in [3.8, 4) is 5.75 Å². The van der Waals surface area contributed by atoms with Gasteiger partial charge in [-0.1, -0.05) is 12.1 Å². The van der Waals surface area contributed by atoms with E-state index in [1.54, 1.807) is 0 Å². The molecular weight excluding hydrogens is 270 g/mol. The van der Waals surface area contributed by atoms with Crippen molar-refractivity contribution in [2.45, 2.75) is 11.3 Å². The highest BCUT2D eigenvalue weighted by atomic mass is 32.2. The third kappa shape index (κ3) is 1.62. The topological polar surface area (TPSA) is 101 Å².